The van der Waals surface area contributed by atoms with E-state index in [0.29, 0.717) is 16.6 Å². The number of nitrogens with one attached hydrogen (secondary N) is 3. The van der Waals surface area contributed by atoms with Crippen molar-refractivity contribution in [2.45, 2.75) is 11.7 Å². The van der Waals surface area contributed by atoms with E-state index >= 15 is 0 Å². The van der Waals surface area contributed by atoms with Crippen molar-refractivity contribution in [2.75, 3.05) is 10.7 Å². The van der Waals surface area contributed by atoms with Gasteiger partial charge in [-0.25, -0.2) is 0 Å². The summed E-state index contributed by atoms with van der Waals surface area (Å²) in [6.07, 6.45) is 0.0448. The molecule has 0 saturated carbocycles. The van der Waals surface area contributed by atoms with Gasteiger partial charge in [0.05, 0.1) is 5.69 Å². The highest BCUT2D eigenvalue weighted by molar-refractivity contribution is 8.15. The minimum absolute atomic E-state index is 0.0448. The van der Waals surface area contributed by atoms with E-state index in [0.717, 1.165) is 11.4 Å². The van der Waals surface area contributed by atoms with Gasteiger partial charge in [0.25, 0.3) is 0 Å². The van der Waals surface area contributed by atoms with Gasteiger partial charge >= 0.3 is 0 Å². The van der Waals surface area contributed by atoms with Gasteiger partial charge in [-0.1, -0.05) is 48.2 Å². The van der Waals surface area contributed by atoms with Gasteiger partial charge in [-0.15, -0.1) is 5.10 Å². The maximum Gasteiger partial charge on any atom is 0.240 e. The summed E-state index contributed by atoms with van der Waals surface area (Å²) in [5.74, 6) is 0.923. The second kappa shape index (κ2) is 9.82. The quantitative estimate of drug-likeness (QED) is 0.481. The summed E-state index contributed by atoms with van der Waals surface area (Å²) in [5.41, 5.74) is 4.33. The van der Waals surface area contributed by atoms with Crippen LogP contribution >= 0.6 is 11.8 Å². The van der Waals surface area contributed by atoms with Gasteiger partial charge < -0.3 is 15.4 Å². The number of hydrogen-bond acceptors (Lipinski definition) is 6. The first kappa shape index (κ1) is 20.5. The Morgan fingerprint density at radius 2 is 1.55 bits per heavy atom. The van der Waals surface area contributed by atoms with E-state index in [9.17, 15) is 9.59 Å². The monoisotopic (exact) mass is 432 g/mol. The van der Waals surface area contributed by atoms with Crippen LogP contribution in [0.5, 0.6) is 11.5 Å². The summed E-state index contributed by atoms with van der Waals surface area (Å²) >= 11 is 1.23. The topological polar surface area (TPSA) is 91.8 Å². The predicted octanol–water partition coefficient (Wildman–Crippen LogP) is 4.42. The largest absolute Gasteiger partial charge is 0.457 e. The van der Waals surface area contributed by atoms with Crippen LogP contribution in [-0.4, -0.2) is 22.2 Å². The molecule has 2 amide bonds. The summed E-state index contributed by atoms with van der Waals surface area (Å²) in [6.45, 7) is 0. The van der Waals surface area contributed by atoms with Gasteiger partial charge in [0, 0.05) is 12.1 Å². The van der Waals surface area contributed by atoms with Crippen molar-refractivity contribution in [3.63, 3.8) is 0 Å². The van der Waals surface area contributed by atoms with Crippen LogP contribution in [0, 0.1) is 0 Å². The number of para-hydroxylation sites is 2. The van der Waals surface area contributed by atoms with Crippen LogP contribution in [0.3, 0.4) is 0 Å². The van der Waals surface area contributed by atoms with E-state index < -0.39 is 5.25 Å². The second-order valence-electron chi connectivity index (χ2n) is 6.68. The number of thioether (sulfide) groups is 1. The molecule has 3 aromatic rings. The van der Waals surface area contributed by atoms with Gasteiger partial charge in [0.1, 0.15) is 16.7 Å². The molecule has 1 saturated heterocycles. The number of carbonyl (C=O) groups is 2. The Morgan fingerprint density at radius 3 is 2.26 bits per heavy atom. The molecule has 4 rings (SSSR count). The van der Waals surface area contributed by atoms with E-state index in [2.05, 4.69) is 21.2 Å². The van der Waals surface area contributed by atoms with Crippen LogP contribution in [-0.2, 0) is 9.59 Å². The van der Waals surface area contributed by atoms with Crippen molar-refractivity contribution < 1.29 is 14.3 Å². The Hall–Kier alpha value is -3.78. The zero-order valence-electron chi connectivity index (χ0n) is 16.4. The van der Waals surface area contributed by atoms with Crippen molar-refractivity contribution in [1.82, 2.24) is 5.32 Å². The zero-order valence-corrected chi connectivity index (χ0v) is 17.3. The first-order chi connectivity index (χ1) is 15.2. The Labute approximate surface area is 183 Å². The molecule has 1 fully saturated rings. The predicted molar refractivity (Wildman–Crippen MR) is 123 cm³/mol. The second-order valence-corrected chi connectivity index (χ2v) is 7.87. The molecule has 7 nitrogen and oxygen atoms in total. The number of carbonyl (C=O) groups excluding carboxylic acids is 2. The molecule has 0 spiro atoms. The van der Waals surface area contributed by atoms with E-state index in [1.54, 1.807) is 24.3 Å². The van der Waals surface area contributed by atoms with E-state index in [1.807, 2.05) is 60.7 Å². The van der Waals surface area contributed by atoms with Gasteiger partial charge in [-0.2, -0.15) is 0 Å². The Kier molecular flexibility index (Phi) is 6.49. The summed E-state index contributed by atoms with van der Waals surface area (Å²) in [5, 5.41) is 9.59. The molecule has 1 atom stereocenters. The SMILES string of the molecule is O=C(C[C@H]1SC(=NNc2ccccc2)NC1=O)Nc1ccc(Oc2ccccc2)cc1. The Morgan fingerprint density at radius 1 is 0.903 bits per heavy atom. The van der Waals surface area contributed by atoms with E-state index in [-0.39, 0.29) is 18.2 Å². The van der Waals surface area contributed by atoms with Crippen LogP contribution < -0.4 is 20.8 Å². The lowest BCUT2D eigenvalue weighted by molar-refractivity contribution is -0.122. The fourth-order valence-electron chi connectivity index (χ4n) is 2.83. The molecule has 1 aliphatic rings. The molecule has 1 aliphatic heterocycles. The minimum Gasteiger partial charge on any atom is -0.457 e. The number of nitrogens with zero attached hydrogens (tertiary/aromatic N) is 1. The highest BCUT2D eigenvalue weighted by atomic mass is 32.2. The minimum atomic E-state index is -0.531. The number of hydrogen-bond donors (Lipinski definition) is 3. The maximum atomic E-state index is 12.4. The van der Waals surface area contributed by atoms with Crippen LogP contribution in [0.1, 0.15) is 6.42 Å². The smallest absolute Gasteiger partial charge is 0.240 e. The maximum absolute atomic E-state index is 12.4. The highest BCUT2D eigenvalue weighted by Gasteiger charge is 2.32. The number of benzene rings is 3. The summed E-state index contributed by atoms with van der Waals surface area (Å²) in [6, 6.07) is 25.9. The molecule has 156 valence electrons. The van der Waals surface area contributed by atoms with Crippen LogP contribution in [0.25, 0.3) is 0 Å². The standard InChI is InChI=1S/C23H20N4O3S/c28-21(24-16-11-13-19(14-12-16)30-18-9-5-2-6-10-18)15-20-22(29)25-23(31-20)27-26-17-7-3-1-4-8-17/h1-14,20,26H,15H2,(H,24,28)(H,25,27,29)/t20-/m1/s1. The number of rotatable bonds is 7. The fraction of sp³-hybridized carbons (Fsp3) is 0.0870. The van der Waals surface area contributed by atoms with E-state index in [1.165, 1.54) is 11.8 Å². The molecule has 0 aliphatic carbocycles. The molecule has 0 radical (unpaired) electrons. The lowest BCUT2D eigenvalue weighted by Gasteiger charge is -2.09. The Balaban J connectivity index is 1.28. The molecule has 0 unspecified atom stereocenters. The molecule has 8 heteroatoms. The van der Waals surface area contributed by atoms with Crippen LogP contribution in [0.4, 0.5) is 11.4 Å². The third-order valence-electron chi connectivity index (χ3n) is 4.32. The molecule has 3 N–H and O–H groups in total. The highest BCUT2D eigenvalue weighted by Crippen LogP contribution is 2.25. The van der Waals surface area contributed by atoms with Crippen molar-refractivity contribution in [1.29, 1.82) is 0 Å². The third-order valence-corrected chi connectivity index (χ3v) is 5.41. The van der Waals surface area contributed by atoms with Gasteiger partial charge in [0.15, 0.2) is 5.17 Å². The molecular weight excluding hydrogens is 412 g/mol. The lowest BCUT2D eigenvalue weighted by Crippen LogP contribution is -2.28. The molecule has 31 heavy (non-hydrogen) atoms. The van der Waals surface area contributed by atoms with Gasteiger partial charge in [0.2, 0.25) is 11.8 Å². The average Bonchev–Trinajstić information content (AvgIpc) is 3.14. The zero-order chi connectivity index (χ0) is 21.5. The number of amides is 2. The van der Waals surface area contributed by atoms with Crippen molar-refractivity contribution in [3.05, 3.63) is 84.9 Å². The van der Waals surface area contributed by atoms with Crippen LogP contribution in [0.2, 0.25) is 0 Å². The molecule has 0 aromatic heterocycles. The summed E-state index contributed by atoms with van der Waals surface area (Å²) in [4.78, 5) is 24.5. The fourth-order valence-corrected chi connectivity index (χ4v) is 3.76. The molecular formula is C23H20N4O3S. The number of hydrazone groups is 1. The first-order valence-electron chi connectivity index (χ1n) is 9.65. The lowest BCUT2D eigenvalue weighted by atomic mass is 10.2. The van der Waals surface area contributed by atoms with Crippen LogP contribution in [0.15, 0.2) is 90.0 Å². The van der Waals surface area contributed by atoms with E-state index in [4.69, 9.17) is 4.74 Å². The van der Waals surface area contributed by atoms with Gasteiger partial charge in [-0.3, -0.25) is 15.0 Å². The number of ether oxygens (including phenoxy) is 1. The molecule has 1 heterocycles. The molecule has 0 bridgehead atoms. The van der Waals surface area contributed by atoms with Crippen molar-refractivity contribution >= 4 is 40.1 Å². The molecule has 3 aromatic carbocycles. The first-order valence-corrected chi connectivity index (χ1v) is 10.5. The van der Waals surface area contributed by atoms with Gasteiger partial charge in [-0.05, 0) is 48.5 Å². The number of anilines is 2. The van der Waals surface area contributed by atoms with Crippen molar-refractivity contribution in [3.8, 4) is 11.5 Å². The third kappa shape index (κ3) is 5.86. The summed E-state index contributed by atoms with van der Waals surface area (Å²) in [7, 11) is 0. The normalized spacial score (nSPS) is 16.6. The number of amidine groups is 1. The average molecular weight is 433 g/mol. The Bertz CT molecular complexity index is 1070. The summed E-state index contributed by atoms with van der Waals surface area (Å²) < 4.78 is 5.74. The van der Waals surface area contributed by atoms with Crippen molar-refractivity contribution in [2.24, 2.45) is 5.10 Å².